The Balaban J connectivity index is 2.60. The molecule has 0 spiro atoms. The fourth-order valence-corrected chi connectivity index (χ4v) is 1.63. The number of hydrogen-bond donors (Lipinski definition) is 2. The molecule has 1 aromatic carbocycles. The smallest absolute Gasteiger partial charge is 0.241 e. The summed E-state index contributed by atoms with van der Waals surface area (Å²) in [5.74, 6) is 0.0828. The molecule has 0 aliphatic heterocycles. The van der Waals surface area contributed by atoms with Gasteiger partial charge in [0, 0.05) is 9.26 Å². The van der Waals surface area contributed by atoms with Gasteiger partial charge in [0.2, 0.25) is 5.91 Å². The number of hydrogen-bond acceptors (Lipinski definition) is 2. The van der Waals surface area contributed by atoms with Crippen molar-refractivity contribution in [3.05, 3.63) is 27.8 Å². The normalized spacial score (nSPS) is 14.2. The molecule has 1 rings (SSSR count). The van der Waals surface area contributed by atoms with Gasteiger partial charge in [0.1, 0.15) is 0 Å². The van der Waals surface area contributed by atoms with E-state index in [-0.39, 0.29) is 11.8 Å². The van der Waals surface area contributed by atoms with Gasteiger partial charge in [-0.25, -0.2) is 0 Å². The van der Waals surface area contributed by atoms with Crippen LogP contribution in [0.3, 0.4) is 0 Å². The Morgan fingerprint density at radius 3 is 2.50 bits per heavy atom. The Kier molecular flexibility index (Phi) is 5.21. The van der Waals surface area contributed by atoms with Crippen LogP contribution in [0.15, 0.2) is 24.3 Å². The van der Waals surface area contributed by atoms with Crippen molar-refractivity contribution in [2.75, 3.05) is 5.32 Å². The van der Waals surface area contributed by atoms with Gasteiger partial charge in [-0.05, 0) is 52.8 Å². The summed E-state index contributed by atoms with van der Waals surface area (Å²) in [5.41, 5.74) is 6.63. The molecule has 0 fully saturated rings. The molecule has 0 saturated carbocycles. The molecule has 16 heavy (non-hydrogen) atoms. The third-order valence-electron chi connectivity index (χ3n) is 2.67. The monoisotopic (exact) mass is 332 g/mol. The first-order valence-electron chi connectivity index (χ1n) is 5.36. The van der Waals surface area contributed by atoms with Crippen LogP contribution in [0.2, 0.25) is 0 Å². The average Bonchev–Trinajstić information content (AvgIpc) is 2.30. The number of rotatable bonds is 4. The zero-order valence-electron chi connectivity index (χ0n) is 9.53. The van der Waals surface area contributed by atoms with Gasteiger partial charge >= 0.3 is 0 Å². The molecule has 1 amide bonds. The quantitative estimate of drug-likeness (QED) is 0.833. The van der Waals surface area contributed by atoms with Crippen molar-refractivity contribution in [3.8, 4) is 0 Å². The third-order valence-corrected chi connectivity index (χ3v) is 3.39. The van der Waals surface area contributed by atoms with Crippen LogP contribution < -0.4 is 11.1 Å². The van der Waals surface area contributed by atoms with E-state index in [2.05, 4.69) is 27.9 Å². The summed E-state index contributed by atoms with van der Waals surface area (Å²) in [5, 5.41) is 2.82. The highest BCUT2D eigenvalue weighted by molar-refractivity contribution is 14.1. The van der Waals surface area contributed by atoms with E-state index in [9.17, 15) is 4.79 Å². The minimum absolute atomic E-state index is 0.115. The minimum Gasteiger partial charge on any atom is -0.325 e. The number of carbonyl (C=O) groups excluding carboxylic acids is 1. The molecule has 3 nitrogen and oxygen atoms in total. The second kappa shape index (κ2) is 6.20. The SMILES string of the molecule is CCC(C)C(N)C(=O)Nc1ccc(I)cc1. The second-order valence-corrected chi connectivity index (χ2v) is 5.15. The van der Waals surface area contributed by atoms with Crippen molar-refractivity contribution in [2.45, 2.75) is 26.3 Å². The fourth-order valence-electron chi connectivity index (χ4n) is 1.27. The number of nitrogens with two attached hydrogens (primary N) is 1. The van der Waals surface area contributed by atoms with E-state index < -0.39 is 6.04 Å². The number of carbonyl (C=O) groups is 1. The van der Waals surface area contributed by atoms with Crippen molar-refractivity contribution in [2.24, 2.45) is 11.7 Å². The van der Waals surface area contributed by atoms with Crippen LogP contribution in [-0.2, 0) is 4.79 Å². The standard InChI is InChI=1S/C12H17IN2O/c1-3-8(2)11(14)12(16)15-10-6-4-9(13)5-7-10/h4-8,11H,3,14H2,1-2H3,(H,15,16). The minimum atomic E-state index is -0.440. The van der Waals surface area contributed by atoms with Gasteiger partial charge in [0.15, 0.2) is 0 Å². The van der Waals surface area contributed by atoms with Gasteiger partial charge in [0.05, 0.1) is 6.04 Å². The number of anilines is 1. The van der Waals surface area contributed by atoms with E-state index in [0.717, 1.165) is 15.7 Å². The van der Waals surface area contributed by atoms with Gasteiger partial charge in [-0.2, -0.15) is 0 Å². The molecule has 88 valence electrons. The molecule has 0 aliphatic rings. The molecular weight excluding hydrogens is 315 g/mol. The van der Waals surface area contributed by atoms with Gasteiger partial charge in [-0.1, -0.05) is 20.3 Å². The van der Waals surface area contributed by atoms with E-state index in [0.29, 0.717) is 0 Å². The molecule has 0 aromatic heterocycles. The van der Waals surface area contributed by atoms with Crippen LogP contribution in [-0.4, -0.2) is 11.9 Å². The summed E-state index contributed by atoms with van der Waals surface area (Å²) in [6, 6.07) is 7.21. The first-order valence-corrected chi connectivity index (χ1v) is 6.44. The molecule has 4 heteroatoms. The fraction of sp³-hybridized carbons (Fsp3) is 0.417. The maximum Gasteiger partial charge on any atom is 0.241 e. The molecular formula is C12H17IN2O. The average molecular weight is 332 g/mol. The lowest BCUT2D eigenvalue weighted by Crippen LogP contribution is -2.40. The molecule has 0 radical (unpaired) electrons. The van der Waals surface area contributed by atoms with Crippen LogP contribution in [0.25, 0.3) is 0 Å². The molecule has 0 heterocycles. The topological polar surface area (TPSA) is 55.1 Å². The summed E-state index contributed by atoms with van der Waals surface area (Å²) in [7, 11) is 0. The third kappa shape index (κ3) is 3.75. The predicted molar refractivity (Wildman–Crippen MR) is 75.2 cm³/mol. The maximum absolute atomic E-state index is 11.8. The van der Waals surface area contributed by atoms with Gasteiger partial charge in [-0.15, -0.1) is 0 Å². The van der Waals surface area contributed by atoms with Crippen LogP contribution in [0.5, 0.6) is 0 Å². The predicted octanol–water partition coefficient (Wildman–Crippen LogP) is 2.60. The van der Waals surface area contributed by atoms with Crippen molar-refractivity contribution in [3.63, 3.8) is 0 Å². The molecule has 2 unspecified atom stereocenters. The summed E-state index contributed by atoms with van der Waals surface area (Å²) in [6.07, 6.45) is 0.904. The number of halogens is 1. The van der Waals surface area contributed by atoms with E-state index in [1.54, 1.807) is 0 Å². The summed E-state index contributed by atoms with van der Waals surface area (Å²) < 4.78 is 1.14. The lowest BCUT2D eigenvalue weighted by molar-refractivity contribution is -0.118. The second-order valence-electron chi connectivity index (χ2n) is 3.91. The van der Waals surface area contributed by atoms with E-state index in [4.69, 9.17) is 5.73 Å². The summed E-state index contributed by atoms with van der Waals surface area (Å²) in [4.78, 5) is 11.8. The molecule has 0 bridgehead atoms. The number of amides is 1. The van der Waals surface area contributed by atoms with Crippen LogP contribution in [0.4, 0.5) is 5.69 Å². The van der Waals surface area contributed by atoms with Gasteiger partial charge in [0.25, 0.3) is 0 Å². The van der Waals surface area contributed by atoms with Crippen molar-refractivity contribution in [1.29, 1.82) is 0 Å². The highest BCUT2D eigenvalue weighted by Gasteiger charge is 2.19. The van der Waals surface area contributed by atoms with E-state index in [1.165, 1.54) is 0 Å². The summed E-state index contributed by atoms with van der Waals surface area (Å²) in [6.45, 7) is 4.01. The van der Waals surface area contributed by atoms with Crippen LogP contribution in [0.1, 0.15) is 20.3 Å². The number of nitrogens with one attached hydrogen (secondary N) is 1. The largest absolute Gasteiger partial charge is 0.325 e. The molecule has 0 saturated heterocycles. The van der Waals surface area contributed by atoms with E-state index >= 15 is 0 Å². The summed E-state index contributed by atoms with van der Waals surface area (Å²) >= 11 is 2.22. The highest BCUT2D eigenvalue weighted by atomic mass is 127. The van der Waals surface area contributed by atoms with Crippen LogP contribution in [0, 0.1) is 9.49 Å². The molecule has 0 aliphatic carbocycles. The Labute approximate surface area is 110 Å². The van der Waals surface area contributed by atoms with Crippen molar-refractivity contribution in [1.82, 2.24) is 0 Å². The Bertz CT molecular complexity index is 351. The Morgan fingerprint density at radius 1 is 1.44 bits per heavy atom. The number of benzene rings is 1. The zero-order valence-corrected chi connectivity index (χ0v) is 11.7. The molecule has 1 aromatic rings. The lowest BCUT2D eigenvalue weighted by atomic mass is 9.99. The van der Waals surface area contributed by atoms with E-state index in [1.807, 2.05) is 38.1 Å². The van der Waals surface area contributed by atoms with Crippen molar-refractivity contribution >= 4 is 34.2 Å². The first kappa shape index (κ1) is 13.4. The Hall–Kier alpha value is -0.620. The van der Waals surface area contributed by atoms with Crippen LogP contribution >= 0.6 is 22.6 Å². The lowest BCUT2D eigenvalue weighted by Gasteiger charge is -2.17. The van der Waals surface area contributed by atoms with Gasteiger partial charge in [-0.3, -0.25) is 4.79 Å². The van der Waals surface area contributed by atoms with Gasteiger partial charge < -0.3 is 11.1 Å². The zero-order chi connectivity index (χ0) is 12.1. The molecule has 3 N–H and O–H groups in total. The molecule has 2 atom stereocenters. The first-order chi connectivity index (χ1) is 7.54. The van der Waals surface area contributed by atoms with Crippen molar-refractivity contribution < 1.29 is 4.79 Å². The highest BCUT2D eigenvalue weighted by Crippen LogP contribution is 2.13. The Morgan fingerprint density at radius 2 is 2.00 bits per heavy atom. The maximum atomic E-state index is 11.8.